The molecule has 1 unspecified atom stereocenters. The molecule has 3 aromatic carbocycles. The average molecular weight is 667 g/mol. The van der Waals surface area contributed by atoms with Crippen molar-refractivity contribution in [1.82, 2.24) is 15.1 Å². The molecule has 2 fully saturated rings. The zero-order chi connectivity index (χ0) is 29.9. The van der Waals surface area contributed by atoms with Crippen LogP contribution in [0.4, 0.5) is 26.3 Å². The number of hydrogen-bond acceptors (Lipinski definition) is 3. The number of carbonyl (C=O) groups excluding carboxylic acids is 1. The first-order chi connectivity index (χ1) is 20.0. The highest BCUT2D eigenvalue weighted by molar-refractivity contribution is 5.92. The van der Waals surface area contributed by atoms with E-state index in [9.17, 15) is 31.1 Å². The Morgan fingerprint density at radius 1 is 0.818 bits per heavy atom. The third kappa shape index (κ3) is 8.59. The summed E-state index contributed by atoms with van der Waals surface area (Å²) < 4.78 is 79.9. The molecule has 1 amide bonds. The molecule has 1 atom stereocenters. The minimum atomic E-state index is -4.92. The van der Waals surface area contributed by atoms with Gasteiger partial charge in [-0.1, -0.05) is 61.7 Å². The maximum Gasteiger partial charge on any atom is 0.416 e. The Morgan fingerprint density at radius 3 is 2.02 bits per heavy atom. The van der Waals surface area contributed by atoms with E-state index in [2.05, 4.69) is 15.1 Å². The van der Waals surface area contributed by atoms with Crippen LogP contribution in [0.25, 0.3) is 10.8 Å². The van der Waals surface area contributed by atoms with Gasteiger partial charge in [-0.05, 0) is 59.4 Å². The fourth-order valence-corrected chi connectivity index (χ4v) is 6.39. The summed E-state index contributed by atoms with van der Waals surface area (Å²) in [6.07, 6.45) is -3.87. The van der Waals surface area contributed by atoms with Crippen molar-refractivity contribution in [2.24, 2.45) is 0 Å². The number of rotatable bonds is 7. The number of amides is 1. The van der Waals surface area contributed by atoms with Crippen molar-refractivity contribution in [1.29, 1.82) is 0 Å². The SMILES string of the molecule is Cl.Cl.O=C(NCCc1cc(C(F)(F)F)cc(C(F)(F)F)c1)C(c1cccc2ccccc12)N1CCN(C2CCCCC2)CC1.[HH]. The highest BCUT2D eigenvalue weighted by Gasteiger charge is 2.37. The largest absolute Gasteiger partial charge is 0.416 e. The second-order valence-corrected chi connectivity index (χ2v) is 11.3. The van der Waals surface area contributed by atoms with E-state index in [0.29, 0.717) is 31.3 Å². The third-order valence-corrected chi connectivity index (χ3v) is 8.53. The molecule has 3 aromatic rings. The summed E-state index contributed by atoms with van der Waals surface area (Å²) in [4.78, 5) is 18.4. The lowest BCUT2D eigenvalue weighted by molar-refractivity contribution is -0.143. The van der Waals surface area contributed by atoms with Crippen LogP contribution in [0, 0.1) is 0 Å². The van der Waals surface area contributed by atoms with Gasteiger partial charge in [0.15, 0.2) is 0 Å². The fraction of sp³-hybridized carbons (Fsp3) is 0.469. The number of alkyl halides is 6. The molecule has 44 heavy (non-hydrogen) atoms. The van der Waals surface area contributed by atoms with E-state index in [1.54, 1.807) is 0 Å². The summed E-state index contributed by atoms with van der Waals surface area (Å²) in [6.45, 7) is 2.94. The normalized spacial score (nSPS) is 17.9. The smallest absolute Gasteiger partial charge is 0.354 e. The van der Waals surface area contributed by atoms with Crippen LogP contribution in [-0.2, 0) is 23.6 Å². The van der Waals surface area contributed by atoms with Crippen LogP contribution in [0.15, 0.2) is 60.7 Å². The standard InChI is InChI=1S/C32H35F6N3O.2ClH.H2/c33-31(34,35)24-19-22(20-25(21-24)32(36,37)38)13-14-39-30(42)29(28-12-6-8-23-7-4-5-11-27(23)28)41-17-15-40(16-18-41)26-9-2-1-3-10-26;;;/h4-8,11-12,19-21,26,29H,1-3,9-10,13-18H2,(H,39,42);3*1H. The predicted molar refractivity (Wildman–Crippen MR) is 166 cm³/mol. The molecule has 0 spiro atoms. The van der Waals surface area contributed by atoms with Crippen molar-refractivity contribution >= 4 is 41.5 Å². The van der Waals surface area contributed by atoms with Crippen LogP contribution in [0.1, 0.15) is 61.8 Å². The van der Waals surface area contributed by atoms with Gasteiger partial charge in [0.25, 0.3) is 0 Å². The molecule has 12 heteroatoms. The summed E-state index contributed by atoms with van der Waals surface area (Å²) in [6, 6.07) is 15.0. The Balaban J connectivity index is 0.00000235. The molecule has 1 saturated heterocycles. The number of halogens is 8. The maximum atomic E-state index is 13.8. The monoisotopic (exact) mass is 665 g/mol. The molecule has 5 rings (SSSR count). The summed E-state index contributed by atoms with van der Waals surface area (Å²) in [5, 5.41) is 4.74. The van der Waals surface area contributed by atoms with Crippen LogP contribution in [0.2, 0.25) is 0 Å². The van der Waals surface area contributed by atoms with Gasteiger partial charge in [0.05, 0.1) is 11.1 Å². The molecule has 1 aliphatic heterocycles. The molecule has 0 radical (unpaired) electrons. The van der Waals surface area contributed by atoms with Crippen LogP contribution in [0.3, 0.4) is 0 Å². The van der Waals surface area contributed by atoms with Crippen molar-refractivity contribution in [2.45, 2.75) is 63.0 Å². The lowest BCUT2D eigenvalue weighted by Crippen LogP contribution is -2.53. The van der Waals surface area contributed by atoms with E-state index >= 15 is 0 Å². The number of carbonyl (C=O) groups is 1. The second-order valence-electron chi connectivity index (χ2n) is 11.3. The van der Waals surface area contributed by atoms with Crippen LogP contribution < -0.4 is 5.32 Å². The Kier molecular flexibility index (Phi) is 12.4. The summed E-state index contributed by atoms with van der Waals surface area (Å²) in [5.74, 6) is -0.319. The van der Waals surface area contributed by atoms with E-state index in [-0.39, 0.29) is 56.7 Å². The molecule has 1 saturated carbocycles. The van der Waals surface area contributed by atoms with Gasteiger partial charge in [0.1, 0.15) is 6.04 Å². The minimum Gasteiger partial charge on any atom is -0.354 e. The van der Waals surface area contributed by atoms with Crippen molar-refractivity contribution in [3.63, 3.8) is 0 Å². The van der Waals surface area contributed by atoms with E-state index in [0.717, 1.165) is 29.4 Å². The fourth-order valence-electron chi connectivity index (χ4n) is 6.39. The molecule has 0 aromatic heterocycles. The molecular formula is C32H39Cl2F6N3O. The van der Waals surface area contributed by atoms with Crippen LogP contribution >= 0.6 is 24.8 Å². The van der Waals surface area contributed by atoms with Gasteiger partial charge in [0.2, 0.25) is 5.91 Å². The van der Waals surface area contributed by atoms with E-state index in [1.807, 2.05) is 42.5 Å². The number of nitrogens with one attached hydrogen (secondary N) is 1. The van der Waals surface area contributed by atoms with Gasteiger partial charge in [-0.2, -0.15) is 26.3 Å². The Labute approximate surface area is 267 Å². The van der Waals surface area contributed by atoms with Gasteiger partial charge < -0.3 is 5.32 Å². The number of hydrogen-bond donors (Lipinski definition) is 1. The van der Waals surface area contributed by atoms with Crippen molar-refractivity contribution < 1.29 is 32.6 Å². The van der Waals surface area contributed by atoms with Crippen LogP contribution in [-0.4, -0.2) is 54.5 Å². The minimum absolute atomic E-state index is 0. The molecule has 4 nitrogen and oxygen atoms in total. The average Bonchev–Trinajstić information content (AvgIpc) is 2.97. The van der Waals surface area contributed by atoms with Crippen LogP contribution in [0.5, 0.6) is 0 Å². The van der Waals surface area contributed by atoms with Gasteiger partial charge in [-0.15, -0.1) is 24.8 Å². The number of benzene rings is 3. The van der Waals surface area contributed by atoms with Crippen molar-refractivity contribution in [3.8, 4) is 0 Å². The zero-order valence-corrected chi connectivity index (χ0v) is 25.7. The summed E-state index contributed by atoms with van der Waals surface area (Å²) >= 11 is 0. The quantitative estimate of drug-likeness (QED) is 0.258. The maximum absolute atomic E-state index is 13.8. The zero-order valence-electron chi connectivity index (χ0n) is 24.1. The first-order valence-electron chi connectivity index (χ1n) is 14.5. The first kappa shape index (κ1) is 35.9. The highest BCUT2D eigenvalue weighted by atomic mass is 35.5. The Morgan fingerprint density at radius 2 is 1.41 bits per heavy atom. The summed E-state index contributed by atoms with van der Waals surface area (Å²) in [7, 11) is 0. The molecule has 2 aliphatic rings. The topological polar surface area (TPSA) is 35.6 Å². The number of nitrogens with zero attached hydrogens (tertiary/aromatic N) is 2. The lowest BCUT2D eigenvalue weighted by Gasteiger charge is -2.43. The van der Waals surface area contributed by atoms with E-state index in [4.69, 9.17) is 0 Å². The van der Waals surface area contributed by atoms with Gasteiger partial charge in [-0.3, -0.25) is 14.6 Å². The van der Waals surface area contributed by atoms with Crippen molar-refractivity contribution in [2.75, 3.05) is 32.7 Å². The molecule has 0 bridgehead atoms. The van der Waals surface area contributed by atoms with Crippen molar-refractivity contribution in [3.05, 3.63) is 82.9 Å². The molecule has 1 aliphatic carbocycles. The lowest BCUT2D eigenvalue weighted by atomic mass is 9.93. The molecule has 1 heterocycles. The van der Waals surface area contributed by atoms with Gasteiger partial charge in [0, 0.05) is 40.2 Å². The molecule has 244 valence electrons. The van der Waals surface area contributed by atoms with Gasteiger partial charge in [-0.25, -0.2) is 0 Å². The second kappa shape index (κ2) is 15.2. The Hall–Kier alpha value is -2.53. The number of fused-ring (bicyclic) bond motifs is 1. The first-order valence-corrected chi connectivity index (χ1v) is 14.5. The van der Waals surface area contributed by atoms with E-state index in [1.165, 1.54) is 32.1 Å². The van der Waals surface area contributed by atoms with Gasteiger partial charge >= 0.3 is 12.4 Å². The van der Waals surface area contributed by atoms with E-state index < -0.39 is 29.5 Å². The predicted octanol–water partition coefficient (Wildman–Crippen LogP) is 8.32. The summed E-state index contributed by atoms with van der Waals surface area (Å²) in [5.41, 5.74) is -2.03. The Bertz CT molecular complexity index is 1360. The highest BCUT2D eigenvalue weighted by Crippen LogP contribution is 2.37. The molecular weight excluding hydrogens is 627 g/mol. The number of piperazine rings is 1. The third-order valence-electron chi connectivity index (χ3n) is 8.53. The molecule has 1 N–H and O–H groups in total.